The predicted molar refractivity (Wildman–Crippen MR) is 46.2 cm³/mol. The van der Waals surface area contributed by atoms with Crippen LogP contribution in [0.1, 0.15) is 20.8 Å². The molecule has 3 heteroatoms. The minimum absolute atomic E-state index is 0.215. The van der Waals surface area contributed by atoms with E-state index >= 15 is 0 Å². The van der Waals surface area contributed by atoms with Gasteiger partial charge in [0.05, 0.1) is 5.70 Å². The van der Waals surface area contributed by atoms with Gasteiger partial charge in [-0.1, -0.05) is 20.8 Å². The van der Waals surface area contributed by atoms with E-state index in [0.29, 0.717) is 0 Å². The van der Waals surface area contributed by atoms with Gasteiger partial charge in [0.2, 0.25) is 0 Å². The Morgan fingerprint density at radius 2 is 1.82 bits per heavy atom. The molecule has 1 aliphatic heterocycles. The molecule has 1 rings (SSSR count). The molecule has 0 fully saturated rings. The van der Waals surface area contributed by atoms with Crippen molar-refractivity contribution in [3.05, 3.63) is 11.9 Å². The van der Waals surface area contributed by atoms with Crippen LogP contribution in [0.3, 0.4) is 0 Å². The van der Waals surface area contributed by atoms with Crippen molar-refractivity contribution < 1.29 is 0 Å². The molecular weight excluding hydrogens is 138 g/mol. The summed E-state index contributed by atoms with van der Waals surface area (Å²) in [6, 6.07) is 0. The zero-order chi connectivity index (χ0) is 8.65. The van der Waals surface area contributed by atoms with E-state index in [1.54, 1.807) is 0 Å². The molecule has 1 heterocycles. The van der Waals surface area contributed by atoms with E-state index in [4.69, 9.17) is 0 Å². The van der Waals surface area contributed by atoms with Crippen LogP contribution >= 0.6 is 0 Å². The summed E-state index contributed by atoms with van der Waals surface area (Å²) in [5, 5.41) is 4.00. The summed E-state index contributed by atoms with van der Waals surface area (Å²) in [6.45, 7) is 6.61. The largest absolute Gasteiger partial charge is 0.299 e. The molecule has 0 aliphatic carbocycles. The van der Waals surface area contributed by atoms with E-state index in [1.807, 2.05) is 24.1 Å². The highest BCUT2D eigenvalue weighted by Crippen LogP contribution is 2.28. The van der Waals surface area contributed by atoms with Crippen LogP contribution in [-0.2, 0) is 0 Å². The molecule has 0 bridgehead atoms. The van der Waals surface area contributed by atoms with Crippen LogP contribution in [0.4, 0.5) is 0 Å². The van der Waals surface area contributed by atoms with Crippen molar-refractivity contribution in [2.24, 2.45) is 5.41 Å². The standard InChI is InChI=1S/C8H17N3/c1-8(2,3)7-6-10(4)9-11(7)5/h6,9H,1-5H3. The third kappa shape index (κ3) is 1.66. The van der Waals surface area contributed by atoms with Gasteiger partial charge < -0.3 is 0 Å². The van der Waals surface area contributed by atoms with Crippen molar-refractivity contribution in [2.75, 3.05) is 14.1 Å². The Balaban J connectivity index is 2.80. The molecule has 0 unspecified atom stereocenters. The van der Waals surface area contributed by atoms with Gasteiger partial charge in [-0.25, -0.2) is 0 Å². The molecule has 0 aromatic rings. The van der Waals surface area contributed by atoms with E-state index in [1.165, 1.54) is 5.70 Å². The first-order valence-corrected chi connectivity index (χ1v) is 3.86. The van der Waals surface area contributed by atoms with E-state index in [2.05, 4.69) is 32.5 Å². The van der Waals surface area contributed by atoms with E-state index in [-0.39, 0.29) is 5.41 Å². The monoisotopic (exact) mass is 155 g/mol. The van der Waals surface area contributed by atoms with E-state index in [0.717, 1.165) is 0 Å². The van der Waals surface area contributed by atoms with Gasteiger partial charge in [-0.15, -0.1) is 5.53 Å². The normalized spacial score (nSPS) is 19.2. The molecule has 1 aliphatic rings. The Hall–Kier alpha value is -0.700. The zero-order valence-corrected chi connectivity index (χ0v) is 7.97. The second-order valence-corrected chi connectivity index (χ2v) is 4.03. The summed E-state index contributed by atoms with van der Waals surface area (Å²) in [6.07, 6.45) is 2.11. The molecule has 0 saturated heterocycles. The maximum atomic E-state index is 3.15. The zero-order valence-electron chi connectivity index (χ0n) is 7.97. The smallest absolute Gasteiger partial charge is 0.0535 e. The van der Waals surface area contributed by atoms with E-state index in [9.17, 15) is 0 Å². The lowest BCUT2D eigenvalue weighted by Gasteiger charge is -2.26. The lowest BCUT2D eigenvalue weighted by molar-refractivity contribution is 0.163. The maximum absolute atomic E-state index is 3.15. The molecule has 3 nitrogen and oxygen atoms in total. The summed E-state index contributed by atoms with van der Waals surface area (Å²) >= 11 is 0. The summed E-state index contributed by atoms with van der Waals surface area (Å²) in [7, 11) is 4.02. The van der Waals surface area contributed by atoms with Gasteiger partial charge in [0.15, 0.2) is 0 Å². The molecule has 0 radical (unpaired) electrons. The SMILES string of the molecule is CN1C=C(C(C)(C)C)N(C)N1. The summed E-state index contributed by atoms with van der Waals surface area (Å²) in [5.41, 5.74) is 4.67. The molecule has 0 aromatic heterocycles. The molecular formula is C8H17N3. The van der Waals surface area contributed by atoms with Gasteiger partial charge in [0.1, 0.15) is 0 Å². The van der Waals surface area contributed by atoms with Crippen molar-refractivity contribution in [1.29, 1.82) is 0 Å². The Morgan fingerprint density at radius 1 is 1.27 bits per heavy atom. The highest BCUT2D eigenvalue weighted by molar-refractivity contribution is 5.10. The third-order valence-electron chi connectivity index (χ3n) is 1.75. The van der Waals surface area contributed by atoms with Crippen LogP contribution in [-0.4, -0.2) is 24.1 Å². The molecule has 0 spiro atoms. The third-order valence-corrected chi connectivity index (χ3v) is 1.75. The van der Waals surface area contributed by atoms with Crippen molar-refractivity contribution in [2.45, 2.75) is 20.8 Å². The van der Waals surface area contributed by atoms with Crippen LogP contribution in [0.2, 0.25) is 0 Å². The fourth-order valence-electron chi connectivity index (χ4n) is 1.29. The van der Waals surface area contributed by atoms with Crippen LogP contribution < -0.4 is 5.53 Å². The quantitative estimate of drug-likeness (QED) is 0.566. The van der Waals surface area contributed by atoms with Gasteiger partial charge >= 0.3 is 0 Å². The Labute approximate surface area is 68.6 Å². The van der Waals surface area contributed by atoms with Crippen molar-refractivity contribution in [3.63, 3.8) is 0 Å². The van der Waals surface area contributed by atoms with E-state index < -0.39 is 0 Å². The molecule has 11 heavy (non-hydrogen) atoms. The summed E-state index contributed by atoms with van der Waals surface area (Å²) < 4.78 is 0. The number of hydrazine groups is 2. The lowest BCUT2D eigenvalue weighted by atomic mass is 9.92. The molecule has 64 valence electrons. The molecule has 0 amide bonds. The maximum Gasteiger partial charge on any atom is 0.0535 e. The Bertz CT molecular complexity index is 178. The fraction of sp³-hybridized carbons (Fsp3) is 0.750. The second kappa shape index (κ2) is 2.41. The van der Waals surface area contributed by atoms with Gasteiger partial charge in [-0.05, 0) is 0 Å². The minimum atomic E-state index is 0.215. The van der Waals surface area contributed by atoms with Gasteiger partial charge in [-0.2, -0.15) is 0 Å². The van der Waals surface area contributed by atoms with Gasteiger partial charge in [-0.3, -0.25) is 10.0 Å². The van der Waals surface area contributed by atoms with Crippen molar-refractivity contribution in [1.82, 2.24) is 15.6 Å². The number of hydrogen-bond acceptors (Lipinski definition) is 3. The van der Waals surface area contributed by atoms with Gasteiger partial charge in [0, 0.05) is 25.7 Å². The van der Waals surface area contributed by atoms with Crippen LogP contribution in [0.25, 0.3) is 0 Å². The van der Waals surface area contributed by atoms with Crippen LogP contribution in [0, 0.1) is 5.41 Å². The molecule has 0 aromatic carbocycles. The first kappa shape index (κ1) is 8.40. The van der Waals surface area contributed by atoms with Crippen molar-refractivity contribution in [3.8, 4) is 0 Å². The number of allylic oxidation sites excluding steroid dienone is 1. The fourth-order valence-corrected chi connectivity index (χ4v) is 1.29. The van der Waals surface area contributed by atoms with Crippen LogP contribution in [0.5, 0.6) is 0 Å². The van der Waals surface area contributed by atoms with Crippen molar-refractivity contribution >= 4 is 0 Å². The Morgan fingerprint density at radius 3 is 2.00 bits per heavy atom. The highest BCUT2D eigenvalue weighted by Gasteiger charge is 2.25. The number of nitrogens with zero attached hydrogens (tertiary/aromatic N) is 2. The average molecular weight is 155 g/mol. The molecule has 0 saturated carbocycles. The Kier molecular flexibility index (Phi) is 1.84. The average Bonchev–Trinajstić information content (AvgIpc) is 2.08. The predicted octanol–water partition coefficient (Wildman–Crippen LogP) is 1.17. The minimum Gasteiger partial charge on any atom is -0.299 e. The molecule has 0 atom stereocenters. The van der Waals surface area contributed by atoms with Crippen LogP contribution in [0.15, 0.2) is 11.9 Å². The first-order valence-electron chi connectivity index (χ1n) is 3.86. The van der Waals surface area contributed by atoms with Gasteiger partial charge in [0.25, 0.3) is 0 Å². The summed E-state index contributed by atoms with van der Waals surface area (Å²) in [5.74, 6) is 0. The highest BCUT2D eigenvalue weighted by atomic mass is 15.8. The summed E-state index contributed by atoms with van der Waals surface area (Å²) in [4.78, 5) is 0. The topological polar surface area (TPSA) is 18.5 Å². The number of rotatable bonds is 0. The number of hydrogen-bond donors (Lipinski definition) is 1. The lowest BCUT2D eigenvalue weighted by Crippen LogP contribution is -2.37. The first-order chi connectivity index (χ1) is 4.91. The second-order valence-electron chi connectivity index (χ2n) is 4.03. The number of nitrogens with one attached hydrogen (secondary N) is 1. The molecule has 1 N–H and O–H groups in total.